The van der Waals surface area contributed by atoms with E-state index in [1.165, 1.54) is 5.56 Å². The van der Waals surface area contributed by atoms with E-state index >= 15 is 0 Å². The van der Waals surface area contributed by atoms with Gasteiger partial charge in [0.25, 0.3) is 0 Å². The van der Waals surface area contributed by atoms with Crippen LogP contribution in [0.5, 0.6) is 0 Å². The Morgan fingerprint density at radius 3 is 3.05 bits per heavy atom. The highest BCUT2D eigenvalue weighted by atomic mass is 32.2. The fourth-order valence-electron chi connectivity index (χ4n) is 3.60. The van der Waals surface area contributed by atoms with Crippen molar-refractivity contribution >= 4 is 15.5 Å². The predicted octanol–water partition coefficient (Wildman–Crippen LogP) is 1.65. The fraction of sp³-hybridized carbons (Fsp3) is 0.467. The number of rotatable bonds is 0. The van der Waals surface area contributed by atoms with Crippen molar-refractivity contribution in [3.8, 4) is 0 Å². The minimum absolute atomic E-state index is 0.303. The van der Waals surface area contributed by atoms with Crippen molar-refractivity contribution in [2.45, 2.75) is 17.7 Å². The van der Waals surface area contributed by atoms with E-state index in [-0.39, 0.29) is 0 Å². The number of fused-ring (bicyclic) bond motifs is 2. The molecule has 0 aliphatic carbocycles. The number of hydrogen-bond donors (Lipinski definition) is 1. The van der Waals surface area contributed by atoms with Crippen LogP contribution in [0.4, 0.5) is 5.69 Å². The average Bonchev–Trinajstić information content (AvgIpc) is 2.52. The van der Waals surface area contributed by atoms with Gasteiger partial charge in [0.1, 0.15) is 0 Å². The van der Waals surface area contributed by atoms with E-state index in [0.717, 1.165) is 37.3 Å². The molecule has 106 valence electrons. The molecule has 5 aliphatic heterocycles. The maximum absolute atomic E-state index is 12.9. The summed E-state index contributed by atoms with van der Waals surface area (Å²) in [5, 5.41) is 3.41. The summed E-state index contributed by atoms with van der Waals surface area (Å²) >= 11 is 0. The highest BCUT2D eigenvalue weighted by Gasteiger charge is 2.35. The maximum Gasteiger partial charge on any atom is 0.202 e. The second kappa shape index (κ2) is 4.09. The summed E-state index contributed by atoms with van der Waals surface area (Å²) in [4.78, 5) is 3.35. The van der Waals surface area contributed by atoms with Gasteiger partial charge < -0.3 is 10.2 Å². The molecule has 0 saturated carbocycles. The lowest BCUT2D eigenvalue weighted by atomic mass is 9.86. The number of likely N-dealkylation sites (N-methyl/N-ethyl adjacent to an activating group) is 1. The average molecular weight is 290 g/mol. The third-order valence-electron chi connectivity index (χ3n) is 4.73. The van der Waals surface area contributed by atoms with Crippen LogP contribution in [0.3, 0.4) is 0 Å². The van der Waals surface area contributed by atoms with E-state index in [0.29, 0.717) is 22.1 Å². The smallest absolute Gasteiger partial charge is 0.202 e. The molecule has 5 heterocycles. The first-order valence-corrected chi connectivity index (χ1v) is 8.56. The molecule has 5 aliphatic rings. The van der Waals surface area contributed by atoms with Gasteiger partial charge in [0, 0.05) is 31.2 Å². The topological polar surface area (TPSA) is 49.4 Å². The Bertz CT molecular complexity index is 721. The third-order valence-corrected chi connectivity index (χ3v) is 6.72. The number of hydrogen-bond acceptors (Lipinski definition) is 4. The van der Waals surface area contributed by atoms with Crippen LogP contribution in [-0.4, -0.2) is 40.0 Å². The van der Waals surface area contributed by atoms with Gasteiger partial charge in [0.15, 0.2) is 0 Å². The summed E-state index contributed by atoms with van der Waals surface area (Å²) in [6.07, 6.45) is 1.59. The van der Waals surface area contributed by atoms with Crippen molar-refractivity contribution in [2.24, 2.45) is 5.92 Å². The molecule has 0 aromatic heterocycles. The Hall–Kier alpha value is -1.33. The second-order valence-corrected chi connectivity index (χ2v) is 8.01. The summed E-state index contributed by atoms with van der Waals surface area (Å²) in [7, 11) is -1.25. The van der Waals surface area contributed by atoms with Gasteiger partial charge in [-0.3, -0.25) is 0 Å². The minimum atomic E-state index is -3.32. The molecule has 0 saturated heterocycles. The zero-order valence-electron chi connectivity index (χ0n) is 11.5. The molecule has 1 aromatic carbocycles. The molecule has 20 heavy (non-hydrogen) atoms. The number of anilines is 1. The lowest BCUT2D eigenvalue weighted by molar-refractivity contribution is 0.333. The van der Waals surface area contributed by atoms with Gasteiger partial charge >= 0.3 is 0 Å². The van der Waals surface area contributed by atoms with Crippen molar-refractivity contribution in [3.63, 3.8) is 0 Å². The first-order chi connectivity index (χ1) is 9.55. The summed E-state index contributed by atoms with van der Waals surface area (Å²) in [5.74, 6) is 0.303. The van der Waals surface area contributed by atoms with Crippen molar-refractivity contribution in [1.82, 2.24) is 4.90 Å². The van der Waals surface area contributed by atoms with E-state index in [1.807, 2.05) is 12.1 Å². The molecule has 0 spiro atoms. The quantitative estimate of drug-likeness (QED) is 0.789. The fourth-order valence-corrected chi connectivity index (χ4v) is 5.34. The number of benzene rings is 1. The van der Waals surface area contributed by atoms with E-state index in [1.54, 1.807) is 6.07 Å². The van der Waals surface area contributed by atoms with Gasteiger partial charge in [-0.05, 0) is 43.2 Å². The Balaban J connectivity index is 2.01. The first-order valence-electron chi connectivity index (χ1n) is 7.08. The summed E-state index contributed by atoms with van der Waals surface area (Å²) in [6.45, 7) is 2.44. The van der Waals surface area contributed by atoms with Crippen LogP contribution in [0.2, 0.25) is 0 Å². The summed E-state index contributed by atoms with van der Waals surface area (Å²) < 4.78 is 25.8. The highest BCUT2D eigenvalue weighted by Crippen LogP contribution is 2.39. The molecular weight excluding hydrogens is 272 g/mol. The molecule has 6 rings (SSSR count). The SMILES string of the molecule is CN1CCC2=C(C1)C1CNc3cc(ccc3C1)S2(=O)=O. The molecule has 0 radical (unpaired) electrons. The molecule has 1 unspecified atom stereocenters. The second-order valence-electron chi connectivity index (χ2n) is 6.04. The van der Waals surface area contributed by atoms with Crippen LogP contribution in [0.15, 0.2) is 33.6 Å². The Kier molecular flexibility index (Phi) is 2.54. The zero-order chi connectivity index (χ0) is 13.9. The van der Waals surface area contributed by atoms with Gasteiger partial charge in [-0.1, -0.05) is 6.07 Å². The Morgan fingerprint density at radius 2 is 2.20 bits per heavy atom. The first kappa shape index (κ1) is 12.4. The monoisotopic (exact) mass is 290 g/mol. The van der Waals surface area contributed by atoms with Crippen LogP contribution >= 0.6 is 0 Å². The minimum Gasteiger partial charge on any atom is -0.384 e. The molecule has 1 atom stereocenters. The molecule has 1 N–H and O–H groups in total. The van der Waals surface area contributed by atoms with Crippen LogP contribution in [-0.2, 0) is 16.3 Å². The van der Waals surface area contributed by atoms with Crippen molar-refractivity contribution < 1.29 is 8.42 Å². The van der Waals surface area contributed by atoms with E-state index < -0.39 is 9.84 Å². The van der Waals surface area contributed by atoms with Crippen LogP contribution < -0.4 is 5.32 Å². The molecule has 0 amide bonds. The largest absolute Gasteiger partial charge is 0.384 e. The van der Waals surface area contributed by atoms with Crippen LogP contribution in [0.25, 0.3) is 0 Å². The van der Waals surface area contributed by atoms with Crippen molar-refractivity contribution in [2.75, 3.05) is 32.0 Å². The number of nitrogens with one attached hydrogen (secondary N) is 1. The predicted molar refractivity (Wildman–Crippen MR) is 78.5 cm³/mol. The van der Waals surface area contributed by atoms with Crippen LogP contribution in [0, 0.1) is 5.92 Å². The highest BCUT2D eigenvalue weighted by molar-refractivity contribution is 7.95. The number of nitrogens with zero attached hydrogens (tertiary/aromatic N) is 1. The van der Waals surface area contributed by atoms with Crippen molar-refractivity contribution in [1.29, 1.82) is 0 Å². The molecule has 5 heteroatoms. The lowest BCUT2D eigenvalue weighted by Crippen LogP contribution is -2.35. The Morgan fingerprint density at radius 1 is 1.35 bits per heavy atom. The summed E-state index contributed by atoms with van der Waals surface area (Å²) in [6, 6.07) is 5.56. The van der Waals surface area contributed by atoms with Gasteiger partial charge in [-0.25, -0.2) is 8.42 Å². The maximum atomic E-state index is 12.9. The van der Waals surface area contributed by atoms with E-state index in [2.05, 4.69) is 17.3 Å². The molecule has 4 nitrogen and oxygen atoms in total. The van der Waals surface area contributed by atoms with Gasteiger partial charge in [0.05, 0.1) is 9.80 Å². The number of sulfone groups is 1. The van der Waals surface area contributed by atoms with Gasteiger partial charge in [0.2, 0.25) is 9.84 Å². The zero-order valence-corrected chi connectivity index (χ0v) is 12.3. The van der Waals surface area contributed by atoms with Crippen LogP contribution in [0.1, 0.15) is 12.0 Å². The van der Waals surface area contributed by atoms with E-state index in [9.17, 15) is 8.42 Å². The summed E-state index contributed by atoms with van der Waals surface area (Å²) in [5.41, 5.74) is 3.36. The molecular formula is C15H18N2O2S. The van der Waals surface area contributed by atoms with Crippen molar-refractivity contribution in [3.05, 3.63) is 34.2 Å². The van der Waals surface area contributed by atoms with Gasteiger partial charge in [-0.2, -0.15) is 0 Å². The lowest BCUT2D eigenvalue weighted by Gasteiger charge is -2.33. The Labute approximate surface area is 119 Å². The molecule has 4 bridgehead atoms. The molecule has 1 aromatic rings. The third kappa shape index (κ3) is 1.66. The van der Waals surface area contributed by atoms with Gasteiger partial charge in [-0.15, -0.1) is 0 Å². The van der Waals surface area contributed by atoms with E-state index in [4.69, 9.17) is 0 Å². The standard InChI is InChI=1S/C15H18N2O2S/c1-17-5-4-15-13(9-17)11-6-10-2-3-12(20(15,18)19)7-14(10)16-8-11/h2-3,7,11,16H,4-6,8-9H2,1H3. The molecule has 0 fully saturated rings. The normalized spacial score (nSPS) is 27.6.